The highest BCUT2D eigenvalue weighted by molar-refractivity contribution is 5.73. The molecule has 1 fully saturated rings. The molecule has 0 bridgehead atoms. The molecule has 0 aromatic carbocycles. The molecule has 0 amide bonds. The minimum atomic E-state index is -0.682. The van der Waals surface area contributed by atoms with Crippen molar-refractivity contribution in [2.75, 3.05) is 13.6 Å². The van der Waals surface area contributed by atoms with Crippen molar-refractivity contribution >= 4 is 5.97 Å². The molecule has 15 heavy (non-hydrogen) atoms. The first-order valence-corrected chi connectivity index (χ1v) is 5.87. The Morgan fingerprint density at radius 2 is 2.00 bits per heavy atom. The third-order valence-corrected chi connectivity index (χ3v) is 3.31. The third-order valence-electron chi connectivity index (χ3n) is 3.31. The van der Waals surface area contributed by atoms with Crippen LogP contribution in [-0.2, 0) is 4.79 Å². The van der Waals surface area contributed by atoms with Crippen LogP contribution in [-0.4, -0.2) is 35.6 Å². The first-order valence-electron chi connectivity index (χ1n) is 5.87. The highest BCUT2D eigenvalue weighted by atomic mass is 16.4. The Balaban J connectivity index is 2.07. The highest BCUT2D eigenvalue weighted by Gasteiger charge is 2.27. The van der Waals surface area contributed by atoms with Crippen LogP contribution in [0, 0.1) is 5.41 Å². The number of carboxylic acids is 1. The van der Waals surface area contributed by atoms with Crippen LogP contribution in [0.5, 0.6) is 0 Å². The minimum absolute atomic E-state index is 0.557. The molecule has 0 unspecified atom stereocenters. The van der Waals surface area contributed by atoms with E-state index < -0.39 is 11.4 Å². The molecule has 0 aliphatic heterocycles. The van der Waals surface area contributed by atoms with Gasteiger partial charge in [-0.25, -0.2) is 0 Å². The van der Waals surface area contributed by atoms with Crippen molar-refractivity contribution in [1.29, 1.82) is 0 Å². The summed E-state index contributed by atoms with van der Waals surface area (Å²) >= 11 is 0. The summed E-state index contributed by atoms with van der Waals surface area (Å²) in [4.78, 5) is 13.3. The average Bonchev–Trinajstić information content (AvgIpc) is 2.94. The van der Waals surface area contributed by atoms with Crippen LogP contribution in [0.3, 0.4) is 0 Å². The predicted octanol–water partition coefficient (Wildman–Crippen LogP) is 2.36. The van der Waals surface area contributed by atoms with E-state index in [1.54, 1.807) is 13.8 Å². The highest BCUT2D eigenvalue weighted by Crippen LogP contribution is 2.27. The number of nitrogens with zero attached hydrogens (tertiary/aromatic N) is 1. The molecular formula is C12H23NO2. The van der Waals surface area contributed by atoms with Gasteiger partial charge in [0.15, 0.2) is 0 Å². The summed E-state index contributed by atoms with van der Waals surface area (Å²) in [6.07, 6.45) is 5.59. The van der Waals surface area contributed by atoms with E-state index in [0.717, 1.165) is 31.8 Å². The molecule has 1 aliphatic rings. The predicted molar refractivity (Wildman–Crippen MR) is 60.9 cm³/mol. The van der Waals surface area contributed by atoms with Crippen molar-refractivity contribution in [3.05, 3.63) is 0 Å². The second-order valence-corrected chi connectivity index (χ2v) is 5.36. The molecule has 88 valence electrons. The van der Waals surface area contributed by atoms with E-state index in [4.69, 9.17) is 5.11 Å². The maximum absolute atomic E-state index is 10.9. The van der Waals surface area contributed by atoms with Crippen molar-refractivity contribution in [2.24, 2.45) is 5.41 Å². The van der Waals surface area contributed by atoms with E-state index in [9.17, 15) is 4.79 Å². The Hall–Kier alpha value is -0.570. The van der Waals surface area contributed by atoms with Crippen LogP contribution < -0.4 is 0 Å². The number of hydrogen-bond donors (Lipinski definition) is 1. The van der Waals surface area contributed by atoms with Crippen LogP contribution in [0.4, 0.5) is 0 Å². The summed E-state index contributed by atoms with van der Waals surface area (Å²) in [5.74, 6) is -0.682. The zero-order valence-electron chi connectivity index (χ0n) is 10.1. The molecule has 0 aromatic rings. The molecule has 1 saturated carbocycles. The van der Waals surface area contributed by atoms with E-state index in [-0.39, 0.29) is 0 Å². The van der Waals surface area contributed by atoms with Crippen LogP contribution in [0.25, 0.3) is 0 Å². The second-order valence-electron chi connectivity index (χ2n) is 5.36. The smallest absolute Gasteiger partial charge is 0.309 e. The number of carbonyl (C=O) groups is 1. The standard InChI is InChI=1S/C12H23NO2/c1-12(2,11(14)15)8-4-5-9-13(3)10-6-7-10/h10H,4-9H2,1-3H3,(H,14,15). The van der Waals surface area contributed by atoms with E-state index in [1.165, 1.54) is 12.8 Å². The SMILES string of the molecule is CN(CCCCC(C)(C)C(=O)O)C1CC1. The van der Waals surface area contributed by atoms with Crippen molar-refractivity contribution in [3.8, 4) is 0 Å². The van der Waals surface area contributed by atoms with E-state index in [2.05, 4.69) is 11.9 Å². The van der Waals surface area contributed by atoms with Gasteiger partial charge in [0.1, 0.15) is 0 Å². The molecule has 0 saturated heterocycles. The normalized spacial score (nSPS) is 17.1. The Morgan fingerprint density at radius 3 is 2.47 bits per heavy atom. The Kier molecular flexibility index (Phi) is 4.14. The lowest BCUT2D eigenvalue weighted by atomic mass is 9.87. The van der Waals surface area contributed by atoms with E-state index in [0.29, 0.717) is 0 Å². The van der Waals surface area contributed by atoms with Gasteiger partial charge >= 0.3 is 5.97 Å². The summed E-state index contributed by atoms with van der Waals surface area (Å²) in [6.45, 7) is 4.72. The van der Waals surface area contributed by atoms with Gasteiger partial charge in [-0.05, 0) is 53.1 Å². The first-order chi connectivity index (χ1) is 6.93. The van der Waals surface area contributed by atoms with Gasteiger partial charge in [0.25, 0.3) is 0 Å². The first kappa shape index (κ1) is 12.5. The molecule has 0 aromatic heterocycles. The third kappa shape index (κ3) is 4.20. The van der Waals surface area contributed by atoms with Gasteiger partial charge in [0.2, 0.25) is 0 Å². The van der Waals surface area contributed by atoms with Gasteiger partial charge in [0, 0.05) is 6.04 Å². The molecule has 0 spiro atoms. The van der Waals surface area contributed by atoms with Gasteiger partial charge in [-0.2, -0.15) is 0 Å². The largest absolute Gasteiger partial charge is 0.481 e. The summed E-state index contributed by atoms with van der Waals surface area (Å²) in [7, 11) is 2.17. The topological polar surface area (TPSA) is 40.5 Å². The lowest BCUT2D eigenvalue weighted by Crippen LogP contribution is -2.25. The fourth-order valence-corrected chi connectivity index (χ4v) is 1.73. The quantitative estimate of drug-likeness (QED) is 0.660. The van der Waals surface area contributed by atoms with Crippen LogP contribution in [0.15, 0.2) is 0 Å². The summed E-state index contributed by atoms with van der Waals surface area (Å²) in [5.41, 5.74) is -0.557. The summed E-state index contributed by atoms with van der Waals surface area (Å²) < 4.78 is 0. The molecule has 1 aliphatic carbocycles. The van der Waals surface area contributed by atoms with Crippen molar-refractivity contribution in [2.45, 2.75) is 52.0 Å². The van der Waals surface area contributed by atoms with Gasteiger partial charge in [-0.1, -0.05) is 6.42 Å². The van der Waals surface area contributed by atoms with Gasteiger partial charge in [-0.15, -0.1) is 0 Å². The average molecular weight is 213 g/mol. The van der Waals surface area contributed by atoms with Crippen molar-refractivity contribution in [1.82, 2.24) is 4.90 Å². The van der Waals surface area contributed by atoms with Gasteiger partial charge in [-0.3, -0.25) is 4.79 Å². The number of aliphatic carboxylic acids is 1. The summed E-state index contributed by atoms with van der Waals surface area (Å²) in [6, 6.07) is 0.817. The zero-order chi connectivity index (χ0) is 11.5. The number of carboxylic acid groups (broad SMARTS) is 1. The maximum atomic E-state index is 10.9. The van der Waals surface area contributed by atoms with E-state index in [1.807, 2.05) is 0 Å². The lowest BCUT2D eigenvalue weighted by Gasteiger charge is -2.20. The second kappa shape index (κ2) is 4.97. The number of hydrogen-bond acceptors (Lipinski definition) is 2. The van der Waals surface area contributed by atoms with Crippen LogP contribution in [0.2, 0.25) is 0 Å². The summed E-state index contributed by atoms with van der Waals surface area (Å²) in [5, 5.41) is 8.94. The molecule has 3 heteroatoms. The van der Waals surface area contributed by atoms with Crippen LogP contribution >= 0.6 is 0 Å². The molecule has 3 nitrogen and oxygen atoms in total. The fraction of sp³-hybridized carbons (Fsp3) is 0.917. The molecule has 0 radical (unpaired) electrons. The molecule has 1 rings (SSSR count). The lowest BCUT2D eigenvalue weighted by molar-refractivity contribution is -0.147. The van der Waals surface area contributed by atoms with Gasteiger partial charge in [0.05, 0.1) is 5.41 Å². The fourth-order valence-electron chi connectivity index (χ4n) is 1.73. The molecule has 1 N–H and O–H groups in total. The number of rotatable bonds is 7. The monoisotopic (exact) mass is 213 g/mol. The minimum Gasteiger partial charge on any atom is -0.481 e. The van der Waals surface area contributed by atoms with Crippen molar-refractivity contribution in [3.63, 3.8) is 0 Å². The Morgan fingerprint density at radius 1 is 1.40 bits per heavy atom. The van der Waals surface area contributed by atoms with Crippen LogP contribution in [0.1, 0.15) is 46.0 Å². The van der Waals surface area contributed by atoms with Gasteiger partial charge < -0.3 is 10.0 Å². The molecule has 0 heterocycles. The Bertz CT molecular complexity index is 222. The molecular weight excluding hydrogens is 190 g/mol. The van der Waals surface area contributed by atoms with E-state index >= 15 is 0 Å². The number of unbranched alkanes of at least 4 members (excludes halogenated alkanes) is 1. The Labute approximate surface area is 92.5 Å². The van der Waals surface area contributed by atoms with Crippen molar-refractivity contribution < 1.29 is 9.90 Å². The maximum Gasteiger partial charge on any atom is 0.309 e. The zero-order valence-corrected chi connectivity index (χ0v) is 10.1. The molecule has 0 atom stereocenters.